The molecule has 2 saturated heterocycles. The summed E-state index contributed by atoms with van der Waals surface area (Å²) in [5.41, 5.74) is 3.85. The molecule has 10 heteroatoms. The van der Waals surface area contributed by atoms with Gasteiger partial charge in [0.05, 0.1) is 20.3 Å². The fraction of sp³-hybridized carbons (Fsp3) is 0.581. The number of aryl methyl sites for hydroxylation is 1. The van der Waals surface area contributed by atoms with Gasteiger partial charge in [-0.3, -0.25) is 14.7 Å². The Morgan fingerprint density at radius 2 is 1.90 bits per heavy atom. The van der Waals surface area contributed by atoms with Crippen LogP contribution in [0.25, 0.3) is 0 Å². The Morgan fingerprint density at radius 1 is 1.12 bits per heavy atom. The van der Waals surface area contributed by atoms with Crippen LogP contribution in [0.5, 0.6) is 11.5 Å². The lowest BCUT2D eigenvalue weighted by Crippen LogP contribution is -2.53. The Hall–Kier alpha value is -3.37. The van der Waals surface area contributed by atoms with Gasteiger partial charge >= 0.3 is 6.09 Å². The quantitative estimate of drug-likeness (QED) is 0.566. The van der Waals surface area contributed by atoms with Crippen LogP contribution in [-0.4, -0.2) is 91.5 Å². The molecule has 0 saturated carbocycles. The second-order valence-electron chi connectivity index (χ2n) is 12.1. The van der Waals surface area contributed by atoms with Crippen LogP contribution in [0.1, 0.15) is 61.5 Å². The number of fused-ring (bicyclic) bond motifs is 3. The molecule has 2 aromatic rings. The molecule has 3 atom stereocenters. The molecule has 2 amide bonds. The molecule has 3 aliphatic rings. The summed E-state index contributed by atoms with van der Waals surface area (Å²) < 4.78 is 22.7. The number of amides is 2. The van der Waals surface area contributed by atoms with Crippen LogP contribution in [0.15, 0.2) is 30.5 Å². The SMILES string of the molecule is COc1cc2c(cc1OCC(=O)N1CCOCC1)CCN1C[C@H](c3cc(C)ccn3)[C@@H](NC(=O)OC(C)(C)C)C[C@H]21. The predicted molar refractivity (Wildman–Crippen MR) is 153 cm³/mol. The molecule has 0 unspecified atom stereocenters. The topological polar surface area (TPSA) is 102 Å². The summed E-state index contributed by atoms with van der Waals surface area (Å²) in [5, 5.41) is 3.18. The van der Waals surface area contributed by atoms with E-state index in [0.717, 1.165) is 36.3 Å². The molecule has 3 aliphatic heterocycles. The van der Waals surface area contributed by atoms with E-state index in [9.17, 15) is 9.59 Å². The van der Waals surface area contributed by atoms with Gasteiger partial charge in [-0.1, -0.05) is 0 Å². The maximum atomic E-state index is 12.9. The van der Waals surface area contributed by atoms with Gasteiger partial charge < -0.3 is 29.2 Å². The number of nitrogens with one attached hydrogen (secondary N) is 1. The molecule has 0 bridgehead atoms. The maximum Gasteiger partial charge on any atom is 0.407 e. The van der Waals surface area contributed by atoms with Crippen molar-refractivity contribution in [3.05, 3.63) is 52.8 Å². The number of methoxy groups -OCH3 is 1. The van der Waals surface area contributed by atoms with Gasteiger partial charge in [0, 0.05) is 56.1 Å². The number of carbonyl (C=O) groups excluding carboxylic acids is 2. The highest BCUT2D eigenvalue weighted by Gasteiger charge is 2.41. The summed E-state index contributed by atoms with van der Waals surface area (Å²) in [4.78, 5) is 34.5. The molecule has 0 spiro atoms. The van der Waals surface area contributed by atoms with Crippen LogP contribution < -0.4 is 14.8 Å². The normalized spacial score (nSPS) is 22.8. The molecule has 2 fully saturated rings. The molecule has 222 valence electrons. The van der Waals surface area contributed by atoms with Crippen molar-refractivity contribution in [2.24, 2.45) is 0 Å². The van der Waals surface area contributed by atoms with Crippen molar-refractivity contribution in [1.82, 2.24) is 20.1 Å². The first-order valence-electron chi connectivity index (χ1n) is 14.5. The van der Waals surface area contributed by atoms with E-state index in [-0.39, 0.29) is 30.5 Å². The largest absolute Gasteiger partial charge is 0.493 e. The number of aromatic nitrogens is 1. The smallest absolute Gasteiger partial charge is 0.407 e. The van der Waals surface area contributed by atoms with E-state index in [1.54, 1.807) is 12.0 Å². The number of ether oxygens (including phenoxy) is 4. The number of rotatable bonds is 6. The molecule has 4 heterocycles. The van der Waals surface area contributed by atoms with Gasteiger partial charge in [0.25, 0.3) is 5.91 Å². The summed E-state index contributed by atoms with van der Waals surface area (Å²) in [6, 6.07) is 8.07. The molecule has 5 rings (SSSR count). The lowest BCUT2D eigenvalue weighted by molar-refractivity contribution is -0.137. The molecule has 0 radical (unpaired) electrons. The van der Waals surface area contributed by atoms with Gasteiger partial charge in [0.1, 0.15) is 5.60 Å². The highest BCUT2D eigenvalue weighted by molar-refractivity contribution is 5.78. The number of benzene rings is 1. The first-order chi connectivity index (χ1) is 19.6. The fourth-order valence-corrected chi connectivity index (χ4v) is 6.04. The number of nitrogens with zero attached hydrogens (tertiary/aromatic N) is 3. The van der Waals surface area contributed by atoms with E-state index in [1.165, 1.54) is 5.56 Å². The number of alkyl carbamates (subject to hydrolysis) is 1. The van der Waals surface area contributed by atoms with Gasteiger partial charge in [0.2, 0.25) is 0 Å². The average Bonchev–Trinajstić information content (AvgIpc) is 2.94. The van der Waals surface area contributed by atoms with Crippen LogP contribution in [0.3, 0.4) is 0 Å². The highest BCUT2D eigenvalue weighted by atomic mass is 16.6. The molecular weight excluding hydrogens is 524 g/mol. The van der Waals surface area contributed by atoms with Crippen molar-refractivity contribution in [2.75, 3.05) is 53.1 Å². The minimum Gasteiger partial charge on any atom is -0.493 e. The summed E-state index contributed by atoms with van der Waals surface area (Å²) >= 11 is 0. The van der Waals surface area contributed by atoms with Gasteiger partial charge in [-0.2, -0.15) is 0 Å². The van der Waals surface area contributed by atoms with E-state index in [0.29, 0.717) is 44.2 Å². The van der Waals surface area contributed by atoms with Crippen LogP contribution in [0.4, 0.5) is 4.79 Å². The summed E-state index contributed by atoms with van der Waals surface area (Å²) in [7, 11) is 1.62. The molecule has 1 N–H and O–H groups in total. The molecular formula is C31H42N4O6. The Balaban J connectivity index is 1.38. The Bertz CT molecular complexity index is 1260. The Morgan fingerprint density at radius 3 is 2.61 bits per heavy atom. The van der Waals surface area contributed by atoms with Gasteiger partial charge in [-0.15, -0.1) is 0 Å². The second-order valence-corrected chi connectivity index (χ2v) is 12.1. The Kier molecular flexibility index (Phi) is 8.70. The minimum atomic E-state index is -0.591. The van der Waals surface area contributed by atoms with Gasteiger partial charge in [-0.25, -0.2) is 4.79 Å². The van der Waals surface area contributed by atoms with E-state index < -0.39 is 11.7 Å². The van der Waals surface area contributed by atoms with E-state index in [1.807, 2.05) is 45.2 Å². The first kappa shape index (κ1) is 29.1. The molecule has 0 aliphatic carbocycles. The zero-order chi connectivity index (χ0) is 29.1. The lowest BCUT2D eigenvalue weighted by atomic mass is 9.79. The number of hydrogen-bond donors (Lipinski definition) is 1. The van der Waals surface area contributed by atoms with Gasteiger partial charge in [-0.05, 0) is 81.5 Å². The molecule has 10 nitrogen and oxygen atoms in total. The monoisotopic (exact) mass is 566 g/mol. The second kappa shape index (κ2) is 12.2. The van der Waals surface area contributed by atoms with Crippen molar-refractivity contribution in [1.29, 1.82) is 0 Å². The van der Waals surface area contributed by atoms with Crippen LogP contribution >= 0.6 is 0 Å². The van der Waals surface area contributed by atoms with Crippen molar-refractivity contribution < 1.29 is 28.5 Å². The van der Waals surface area contributed by atoms with E-state index >= 15 is 0 Å². The van der Waals surface area contributed by atoms with E-state index in [4.69, 9.17) is 23.9 Å². The first-order valence-corrected chi connectivity index (χ1v) is 14.5. The fourth-order valence-electron chi connectivity index (χ4n) is 6.04. The van der Waals surface area contributed by atoms with Crippen molar-refractivity contribution in [3.8, 4) is 11.5 Å². The van der Waals surface area contributed by atoms with Crippen LogP contribution in [0, 0.1) is 6.92 Å². The molecule has 1 aromatic heterocycles. The maximum absolute atomic E-state index is 12.9. The predicted octanol–water partition coefficient (Wildman–Crippen LogP) is 3.62. The number of hydrogen-bond acceptors (Lipinski definition) is 8. The van der Waals surface area contributed by atoms with Crippen molar-refractivity contribution >= 4 is 12.0 Å². The third kappa shape index (κ3) is 6.93. The number of piperidine rings is 1. The standard InChI is InChI=1S/C31H42N4O6/c1-20-6-8-32-24(14-20)23-18-35-9-7-21-15-28(40-19-29(36)34-10-12-39-13-11-34)27(38-5)16-22(21)26(35)17-25(23)33-30(37)41-31(2,3)4/h6,8,14-16,23,25-26H,7,9-13,17-19H2,1-5H3,(H,33,37)/t23-,25+,26-/m1/s1. The minimum absolute atomic E-state index is 0.0240. The lowest BCUT2D eigenvalue weighted by Gasteiger charge is -2.47. The third-order valence-electron chi connectivity index (χ3n) is 8.02. The third-order valence-corrected chi connectivity index (χ3v) is 8.02. The molecule has 1 aromatic carbocycles. The van der Waals surface area contributed by atoms with Crippen molar-refractivity contribution in [3.63, 3.8) is 0 Å². The van der Waals surface area contributed by atoms with Crippen LogP contribution in [0.2, 0.25) is 0 Å². The summed E-state index contributed by atoms with van der Waals surface area (Å²) in [6.45, 7) is 11.5. The zero-order valence-electron chi connectivity index (χ0n) is 24.8. The van der Waals surface area contributed by atoms with Crippen molar-refractivity contribution in [2.45, 2.75) is 64.1 Å². The zero-order valence-corrected chi connectivity index (χ0v) is 24.8. The highest BCUT2D eigenvalue weighted by Crippen LogP contribution is 2.44. The Labute approximate surface area is 242 Å². The van der Waals surface area contributed by atoms with E-state index in [2.05, 4.69) is 23.2 Å². The number of pyridine rings is 1. The molecule has 41 heavy (non-hydrogen) atoms. The van der Waals surface area contributed by atoms with Gasteiger partial charge in [0.15, 0.2) is 18.1 Å². The average molecular weight is 567 g/mol. The number of carbonyl (C=O) groups is 2. The summed E-state index contributed by atoms with van der Waals surface area (Å²) in [6.07, 6.45) is 2.96. The summed E-state index contributed by atoms with van der Waals surface area (Å²) in [5.74, 6) is 1.14. The number of morpholine rings is 1. The van der Waals surface area contributed by atoms with Crippen LogP contribution in [-0.2, 0) is 20.7 Å².